The fourth-order valence-electron chi connectivity index (χ4n) is 3.24. The van der Waals surface area contributed by atoms with Gasteiger partial charge >= 0.3 is 0 Å². The number of carbonyl (C=O) groups is 1. The molecule has 0 N–H and O–H groups in total. The average Bonchev–Trinajstić information content (AvgIpc) is 2.61. The van der Waals surface area contributed by atoms with Crippen molar-refractivity contribution in [3.05, 3.63) is 59.3 Å². The first kappa shape index (κ1) is 15.5. The molecule has 0 spiro atoms. The van der Waals surface area contributed by atoms with Gasteiger partial charge in [-0.3, -0.25) is 4.79 Å². The van der Waals surface area contributed by atoms with Crippen molar-refractivity contribution in [3.8, 4) is 5.88 Å². The number of hydrogen-bond donors (Lipinski definition) is 0. The van der Waals surface area contributed by atoms with Gasteiger partial charge in [-0.1, -0.05) is 29.8 Å². The highest BCUT2D eigenvalue weighted by molar-refractivity contribution is 5.96. The number of ether oxygens (including phenoxy) is 1. The molecule has 1 aromatic heterocycles. The van der Waals surface area contributed by atoms with Gasteiger partial charge in [-0.15, -0.1) is 0 Å². The van der Waals surface area contributed by atoms with E-state index in [0.717, 1.165) is 25.9 Å². The van der Waals surface area contributed by atoms with E-state index < -0.39 is 0 Å². The molecular formula is C19H22N2O2. The fraction of sp³-hybridized carbons (Fsp3) is 0.368. The molecule has 4 heteroatoms. The quantitative estimate of drug-likeness (QED) is 0.872. The van der Waals surface area contributed by atoms with Crippen LogP contribution in [0, 0.1) is 6.92 Å². The molecule has 1 aromatic carbocycles. The van der Waals surface area contributed by atoms with Crippen molar-refractivity contribution in [3.63, 3.8) is 0 Å². The Morgan fingerprint density at radius 3 is 2.96 bits per heavy atom. The number of hydrogen-bond acceptors (Lipinski definition) is 3. The van der Waals surface area contributed by atoms with Crippen molar-refractivity contribution in [2.24, 2.45) is 0 Å². The van der Waals surface area contributed by atoms with Crippen LogP contribution in [0.1, 0.15) is 40.2 Å². The monoisotopic (exact) mass is 310 g/mol. The van der Waals surface area contributed by atoms with Crippen LogP contribution in [0.5, 0.6) is 5.88 Å². The largest absolute Gasteiger partial charge is 0.480 e. The Kier molecular flexibility index (Phi) is 4.60. The summed E-state index contributed by atoms with van der Waals surface area (Å²) in [6, 6.07) is 12.1. The smallest absolute Gasteiger partial charge is 0.259 e. The molecule has 0 bridgehead atoms. The van der Waals surface area contributed by atoms with Crippen LogP contribution in [-0.2, 0) is 0 Å². The molecule has 3 rings (SSSR count). The minimum atomic E-state index is 0.00676. The molecule has 1 fully saturated rings. The summed E-state index contributed by atoms with van der Waals surface area (Å²) >= 11 is 0. The average molecular weight is 310 g/mol. The van der Waals surface area contributed by atoms with Gasteiger partial charge in [-0.05, 0) is 37.5 Å². The number of piperidine rings is 1. The second-order valence-electron chi connectivity index (χ2n) is 6.06. The van der Waals surface area contributed by atoms with Crippen LogP contribution >= 0.6 is 0 Å². The molecule has 0 radical (unpaired) electrons. The Morgan fingerprint density at radius 1 is 1.30 bits per heavy atom. The molecule has 1 saturated heterocycles. The SMILES string of the molecule is COc1ncccc1C(=O)N1CCC[C@@H](c2cccc(C)c2)C1. The number of nitrogens with zero attached hydrogens (tertiary/aromatic N) is 2. The molecule has 4 nitrogen and oxygen atoms in total. The van der Waals surface area contributed by atoms with E-state index in [0.29, 0.717) is 17.4 Å². The summed E-state index contributed by atoms with van der Waals surface area (Å²) in [5.41, 5.74) is 3.13. The predicted molar refractivity (Wildman–Crippen MR) is 89.8 cm³/mol. The highest BCUT2D eigenvalue weighted by Crippen LogP contribution is 2.29. The second-order valence-corrected chi connectivity index (χ2v) is 6.06. The Labute approximate surface area is 137 Å². The first-order valence-corrected chi connectivity index (χ1v) is 8.04. The number of amides is 1. The van der Waals surface area contributed by atoms with Gasteiger partial charge in [0.15, 0.2) is 0 Å². The lowest BCUT2D eigenvalue weighted by Crippen LogP contribution is -2.39. The minimum Gasteiger partial charge on any atom is -0.480 e. The van der Waals surface area contributed by atoms with Crippen LogP contribution in [0.2, 0.25) is 0 Å². The lowest BCUT2D eigenvalue weighted by Gasteiger charge is -2.33. The third-order valence-corrected chi connectivity index (χ3v) is 4.42. The maximum Gasteiger partial charge on any atom is 0.259 e. The number of pyridine rings is 1. The Hall–Kier alpha value is -2.36. The van der Waals surface area contributed by atoms with E-state index in [-0.39, 0.29) is 5.91 Å². The number of carbonyl (C=O) groups excluding carboxylic acids is 1. The van der Waals surface area contributed by atoms with Crippen LogP contribution in [0.25, 0.3) is 0 Å². The number of methoxy groups -OCH3 is 1. The summed E-state index contributed by atoms with van der Waals surface area (Å²) in [6.07, 6.45) is 3.78. The van der Waals surface area contributed by atoms with Gasteiger partial charge in [0.05, 0.1) is 7.11 Å². The predicted octanol–water partition coefficient (Wildman–Crippen LogP) is 3.42. The molecule has 0 saturated carbocycles. The second kappa shape index (κ2) is 6.82. The van der Waals surface area contributed by atoms with E-state index in [2.05, 4.69) is 36.2 Å². The molecule has 2 aromatic rings. The molecule has 120 valence electrons. The zero-order valence-corrected chi connectivity index (χ0v) is 13.7. The van der Waals surface area contributed by atoms with Crippen molar-refractivity contribution in [1.29, 1.82) is 0 Å². The molecule has 2 heterocycles. The van der Waals surface area contributed by atoms with Crippen molar-refractivity contribution in [2.75, 3.05) is 20.2 Å². The van der Waals surface area contributed by atoms with Gasteiger partial charge in [-0.2, -0.15) is 0 Å². The van der Waals surface area contributed by atoms with Gasteiger partial charge in [0.1, 0.15) is 5.56 Å². The van der Waals surface area contributed by atoms with Crippen molar-refractivity contribution >= 4 is 5.91 Å². The normalized spacial score (nSPS) is 17.8. The lowest BCUT2D eigenvalue weighted by atomic mass is 9.89. The fourth-order valence-corrected chi connectivity index (χ4v) is 3.24. The Morgan fingerprint density at radius 2 is 2.17 bits per heavy atom. The molecule has 1 aliphatic heterocycles. The van der Waals surface area contributed by atoms with E-state index in [1.165, 1.54) is 11.1 Å². The van der Waals surface area contributed by atoms with E-state index in [1.54, 1.807) is 25.4 Å². The zero-order valence-electron chi connectivity index (χ0n) is 13.7. The molecular weight excluding hydrogens is 288 g/mol. The maximum absolute atomic E-state index is 12.8. The summed E-state index contributed by atoms with van der Waals surface area (Å²) < 4.78 is 5.23. The topological polar surface area (TPSA) is 42.4 Å². The van der Waals surface area contributed by atoms with Crippen LogP contribution in [0.15, 0.2) is 42.6 Å². The van der Waals surface area contributed by atoms with Gasteiger partial charge in [-0.25, -0.2) is 4.98 Å². The third-order valence-electron chi connectivity index (χ3n) is 4.42. The van der Waals surface area contributed by atoms with Gasteiger partial charge in [0, 0.05) is 25.2 Å². The first-order valence-electron chi connectivity index (χ1n) is 8.04. The zero-order chi connectivity index (χ0) is 16.2. The first-order chi connectivity index (χ1) is 11.2. The third kappa shape index (κ3) is 3.36. The highest BCUT2D eigenvalue weighted by atomic mass is 16.5. The van der Waals surface area contributed by atoms with Crippen molar-refractivity contribution in [2.45, 2.75) is 25.7 Å². The van der Waals surface area contributed by atoms with Gasteiger partial charge in [0.2, 0.25) is 5.88 Å². The lowest BCUT2D eigenvalue weighted by molar-refractivity contribution is 0.0703. The van der Waals surface area contributed by atoms with Crippen LogP contribution in [0.3, 0.4) is 0 Å². The number of likely N-dealkylation sites (tertiary alicyclic amines) is 1. The summed E-state index contributed by atoms with van der Waals surface area (Å²) in [7, 11) is 1.55. The van der Waals surface area contributed by atoms with Crippen molar-refractivity contribution < 1.29 is 9.53 Å². The van der Waals surface area contributed by atoms with Crippen molar-refractivity contribution in [1.82, 2.24) is 9.88 Å². The van der Waals surface area contributed by atoms with E-state index in [1.807, 2.05) is 4.90 Å². The minimum absolute atomic E-state index is 0.00676. The van der Waals surface area contributed by atoms with Crippen LogP contribution in [0.4, 0.5) is 0 Å². The van der Waals surface area contributed by atoms with E-state index in [4.69, 9.17) is 4.74 Å². The molecule has 1 amide bonds. The standard InChI is InChI=1S/C19H22N2O2/c1-14-6-3-7-15(12-14)16-8-5-11-21(13-16)19(22)17-9-4-10-20-18(17)23-2/h3-4,6-7,9-10,12,16H,5,8,11,13H2,1-2H3/t16-/m1/s1. The van der Waals surface area contributed by atoms with Crippen LogP contribution in [-0.4, -0.2) is 36.0 Å². The molecule has 0 unspecified atom stereocenters. The Bertz CT molecular complexity index is 699. The molecule has 0 aliphatic carbocycles. The van der Waals surface area contributed by atoms with Gasteiger partial charge < -0.3 is 9.64 Å². The number of aryl methyl sites for hydroxylation is 1. The highest BCUT2D eigenvalue weighted by Gasteiger charge is 2.27. The summed E-state index contributed by atoms with van der Waals surface area (Å²) in [6.45, 7) is 3.65. The summed E-state index contributed by atoms with van der Waals surface area (Å²) in [5.74, 6) is 0.803. The Balaban J connectivity index is 1.79. The summed E-state index contributed by atoms with van der Waals surface area (Å²) in [4.78, 5) is 18.9. The van der Waals surface area contributed by atoms with Crippen LogP contribution < -0.4 is 4.74 Å². The molecule has 1 aliphatic rings. The molecule has 23 heavy (non-hydrogen) atoms. The van der Waals surface area contributed by atoms with Gasteiger partial charge in [0.25, 0.3) is 5.91 Å². The molecule has 1 atom stereocenters. The van der Waals surface area contributed by atoms with E-state index >= 15 is 0 Å². The number of benzene rings is 1. The number of rotatable bonds is 3. The number of aromatic nitrogens is 1. The maximum atomic E-state index is 12.8. The van der Waals surface area contributed by atoms with E-state index in [9.17, 15) is 4.79 Å². The summed E-state index contributed by atoms with van der Waals surface area (Å²) in [5, 5.41) is 0.